The van der Waals surface area contributed by atoms with Gasteiger partial charge in [0.1, 0.15) is 11.9 Å². The van der Waals surface area contributed by atoms with Crippen LogP contribution in [0, 0.1) is 25.7 Å². The van der Waals surface area contributed by atoms with Gasteiger partial charge in [0.15, 0.2) is 0 Å². The summed E-state index contributed by atoms with van der Waals surface area (Å²) in [5, 5.41) is 10.8. The van der Waals surface area contributed by atoms with Crippen molar-refractivity contribution in [3.05, 3.63) is 59.1 Å². The summed E-state index contributed by atoms with van der Waals surface area (Å²) >= 11 is 0. The molecule has 0 saturated heterocycles. The molecule has 0 radical (unpaired) electrons. The molecule has 0 aromatic carbocycles. The van der Waals surface area contributed by atoms with Crippen LogP contribution in [0.4, 0.5) is 21.6 Å². The number of hydrogen-bond donors (Lipinski definition) is 2. The van der Waals surface area contributed by atoms with Gasteiger partial charge in [-0.2, -0.15) is 9.49 Å². The Balaban J connectivity index is 1.47. The highest BCUT2D eigenvalue weighted by Gasteiger charge is 2.34. The molecule has 2 N–H and O–H groups in total. The van der Waals surface area contributed by atoms with Crippen molar-refractivity contribution in [1.82, 2.24) is 19.7 Å². The molecule has 0 bridgehead atoms. The molecule has 3 aromatic heterocycles. The number of nitrogens with zero attached hydrogens (tertiary/aromatic N) is 5. The lowest BCUT2D eigenvalue weighted by molar-refractivity contribution is -0.118. The van der Waals surface area contributed by atoms with E-state index in [0.717, 1.165) is 39.6 Å². The highest BCUT2D eigenvalue weighted by Crippen LogP contribution is 2.36. The number of rotatable bonds is 6. The number of amides is 1. The fraction of sp³-hybridized carbons (Fsp3) is 0.391. The predicted molar refractivity (Wildman–Crippen MR) is 122 cm³/mol. The summed E-state index contributed by atoms with van der Waals surface area (Å²) in [4.78, 5) is 22.9. The Bertz CT molecular complexity index is 1160. The minimum atomic E-state index is -0.477. The predicted octanol–water partition coefficient (Wildman–Crippen LogP) is 3.50. The number of aryl methyl sites for hydroxylation is 2. The van der Waals surface area contributed by atoms with E-state index in [-0.39, 0.29) is 17.9 Å². The van der Waals surface area contributed by atoms with E-state index in [4.69, 9.17) is 0 Å². The molecule has 4 heterocycles. The molecule has 0 fully saturated rings. The van der Waals surface area contributed by atoms with E-state index in [1.807, 2.05) is 51.9 Å². The average Bonchev–Trinajstić information content (AvgIpc) is 3.17. The fourth-order valence-corrected chi connectivity index (χ4v) is 4.12. The molecule has 1 aliphatic heterocycles. The normalized spacial score (nSPS) is 15.7. The van der Waals surface area contributed by atoms with Crippen LogP contribution in [0.15, 0.2) is 30.7 Å². The highest BCUT2D eigenvalue weighted by molar-refractivity contribution is 6.04. The van der Waals surface area contributed by atoms with Gasteiger partial charge in [-0.15, -0.1) is 0 Å². The molecular weight excluding hydrogens is 409 g/mol. The summed E-state index contributed by atoms with van der Waals surface area (Å²) in [6.07, 6.45) is 5.29. The lowest BCUT2D eigenvalue weighted by Gasteiger charge is -2.38. The van der Waals surface area contributed by atoms with Crippen molar-refractivity contribution in [2.75, 3.05) is 22.6 Å². The van der Waals surface area contributed by atoms with Gasteiger partial charge >= 0.3 is 0 Å². The number of hydrogen-bond acceptors (Lipinski definition) is 6. The van der Waals surface area contributed by atoms with Crippen molar-refractivity contribution >= 4 is 23.1 Å². The van der Waals surface area contributed by atoms with Gasteiger partial charge in [-0.3, -0.25) is 9.48 Å². The number of aromatic nitrogens is 4. The van der Waals surface area contributed by atoms with E-state index in [2.05, 4.69) is 25.7 Å². The van der Waals surface area contributed by atoms with Crippen LogP contribution in [-0.4, -0.2) is 38.7 Å². The van der Waals surface area contributed by atoms with Crippen LogP contribution in [0.25, 0.3) is 0 Å². The van der Waals surface area contributed by atoms with Gasteiger partial charge in [0.05, 0.1) is 29.8 Å². The second-order valence-corrected chi connectivity index (χ2v) is 8.61. The number of pyridine rings is 2. The molecule has 1 atom stereocenters. The number of nitrogens with one attached hydrogen (secondary N) is 2. The van der Waals surface area contributed by atoms with Crippen LogP contribution in [-0.2, 0) is 17.9 Å². The van der Waals surface area contributed by atoms with Crippen LogP contribution in [0.3, 0.4) is 0 Å². The summed E-state index contributed by atoms with van der Waals surface area (Å²) in [7, 11) is 1.95. The van der Waals surface area contributed by atoms with Crippen molar-refractivity contribution in [3.63, 3.8) is 0 Å². The van der Waals surface area contributed by atoms with Crippen molar-refractivity contribution in [3.8, 4) is 0 Å². The first-order valence-corrected chi connectivity index (χ1v) is 10.6. The SMILES string of the molecule is Cc1cc(F)ncc1Cn1cc(CNc2cc3c(c(C)n2)NC(=O)C(C(C)C)N3C)cn1. The monoisotopic (exact) mass is 437 g/mol. The Kier molecular flexibility index (Phi) is 5.82. The molecule has 168 valence electrons. The third-order valence-electron chi connectivity index (χ3n) is 5.80. The van der Waals surface area contributed by atoms with E-state index in [1.165, 1.54) is 6.07 Å². The van der Waals surface area contributed by atoms with Gasteiger partial charge in [-0.1, -0.05) is 13.8 Å². The van der Waals surface area contributed by atoms with Gasteiger partial charge in [0.25, 0.3) is 0 Å². The fourth-order valence-electron chi connectivity index (χ4n) is 4.12. The molecule has 3 aromatic rings. The number of carbonyl (C=O) groups is 1. The van der Waals surface area contributed by atoms with E-state index < -0.39 is 5.95 Å². The maximum Gasteiger partial charge on any atom is 0.247 e. The zero-order chi connectivity index (χ0) is 23.0. The molecule has 1 aliphatic rings. The smallest absolute Gasteiger partial charge is 0.247 e. The first-order valence-electron chi connectivity index (χ1n) is 10.6. The molecule has 32 heavy (non-hydrogen) atoms. The van der Waals surface area contributed by atoms with Crippen LogP contribution in [0.2, 0.25) is 0 Å². The second kappa shape index (κ2) is 8.57. The molecule has 9 heteroatoms. The topological polar surface area (TPSA) is 88.0 Å². The highest BCUT2D eigenvalue weighted by atomic mass is 19.1. The van der Waals surface area contributed by atoms with Gasteiger partial charge < -0.3 is 15.5 Å². The maximum absolute atomic E-state index is 13.2. The summed E-state index contributed by atoms with van der Waals surface area (Å²) < 4.78 is 15.0. The van der Waals surface area contributed by atoms with E-state index >= 15 is 0 Å². The first-order chi connectivity index (χ1) is 15.2. The minimum absolute atomic E-state index is 0.000357. The molecule has 0 spiro atoms. The van der Waals surface area contributed by atoms with Gasteiger partial charge in [0.2, 0.25) is 11.9 Å². The Morgan fingerprint density at radius 2 is 2.03 bits per heavy atom. The molecule has 1 amide bonds. The molecule has 8 nitrogen and oxygen atoms in total. The molecule has 0 saturated carbocycles. The van der Waals surface area contributed by atoms with Crippen molar-refractivity contribution < 1.29 is 9.18 Å². The number of fused-ring (bicyclic) bond motifs is 1. The van der Waals surface area contributed by atoms with Crippen LogP contribution >= 0.6 is 0 Å². The quantitative estimate of drug-likeness (QED) is 0.574. The largest absolute Gasteiger partial charge is 0.366 e. The zero-order valence-electron chi connectivity index (χ0n) is 19.0. The standard InChI is InChI=1S/C23H28FN7O/c1-13(2)22-23(32)29-21-15(4)28-20(7-18(21)30(22)5)26-8-16-9-27-31(11-16)12-17-10-25-19(24)6-14(17)3/h6-7,9-11,13,22H,8,12H2,1-5H3,(H,26,28)(H,29,32). The number of anilines is 3. The summed E-state index contributed by atoms with van der Waals surface area (Å²) in [6, 6.07) is 3.17. The van der Waals surface area contributed by atoms with E-state index in [1.54, 1.807) is 17.1 Å². The molecule has 0 aliphatic carbocycles. The Labute approximate surface area is 186 Å². The van der Waals surface area contributed by atoms with Crippen molar-refractivity contribution in [2.24, 2.45) is 5.92 Å². The van der Waals surface area contributed by atoms with Gasteiger partial charge in [0, 0.05) is 37.6 Å². The molecule has 1 unspecified atom stereocenters. The van der Waals surface area contributed by atoms with Crippen molar-refractivity contribution in [2.45, 2.75) is 46.8 Å². The second-order valence-electron chi connectivity index (χ2n) is 8.61. The summed E-state index contributed by atoms with van der Waals surface area (Å²) in [5.74, 6) is 0.441. The Morgan fingerprint density at radius 1 is 1.25 bits per heavy atom. The van der Waals surface area contributed by atoms with Gasteiger partial charge in [-0.05, 0) is 37.0 Å². The number of likely N-dealkylation sites (N-methyl/N-ethyl adjacent to an activating group) is 1. The minimum Gasteiger partial charge on any atom is -0.366 e. The third-order valence-corrected chi connectivity index (χ3v) is 5.80. The number of carbonyl (C=O) groups excluding carboxylic acids is 1. The van der Waals surface area contributed by atoms with Crippen molar-refractivity contribution in [1.29, 1.82) is 0 Å². The van der Waals surface area contributed by atoms with E-state index in [9.17, 15) is 9.18 Å². The average molecular weight is 438 g/mol. The Morgan fingerprint density at radius 3 is 2.75 bits per heavy atom. The third kappa shape index (κ3) is 4.28. The Hall–Kier alpha value is -3.49. The molecule has 4 rings (SSSR count). The van der Waals surface area contributed by atoms with Crippen LogP contribution < -0.4 is 15.5 Å². The van der Waals surface area contributed by atoms with Crippen LogP contribution in [0.1, 0.15) is 36.2 Å². The summed E-state index contributed by atoms with van der Waals surface area (Å²) in [5.41, 5.74) is 5.24. The zero-order valence-corrected chi connectivity index (χ0v) is 19.0. The van der Waals surface area contributed by atoms with Crippen LogP contribution in [0.5, 0.6) is 0 Å². The van der Waals surface area contributed by atoms with Gasteiger partial charge in [-0.25, -0.2) is 9.97 Å². The lowest BCUT2D eigenvalue weighted by Crippen LogP contribution is -2.49. The number of halogens is 1. The maximum atomic E-state index is 13.2. The lowest BCUT2D eigenvalue weighted by atomic mass is 9.98. The van der Waals surface area contributed by atoms with E-state index in [0.29, 0.717) is 13.1 Å². The summed E-state index contributed by atoms with van der Waals surface area (Å²) in [6.45, 7) is 8.91. The first kappa shape index (κ1) is 21.7. The molecular formula is C23H28FN7O.